The van der Waals surface area contributed by atoms with Gasteiger partial charge in [-0.3, -0.25) is 0 Å². The first-order valence-electron chi connectivity index (χ1n) is 6.30. The van der Waals surface area contributed by atoms with E-state index in [2.05, 4.69) is 0 Å². The zero-order valence-corrected chi connectivity index (χ0v) is 17.3. The Kier molecular flexibility index (Phi) is 15.7. The number of hydrogen-bond donors (Lipinski definition) is 0. The molecule has 25 heavy (non-hydrogen) atoms. The summed E-state index contributed by atoms with van der Waals surface area (Å²) in [4.78, 5) is 17.8. The van der Waals surface area contributed by atoms with Gasteiger partial charge in [0.05, 0.1) is 0 Å². The topological polar surface area (TPSA) is 134 Å². The Bertz CT molecular complexity index is 610. The molecule has 0 aliphatic rings. The minimum Gasteiger partial charge on any atom is -0.618 e. The number of aromatic nitrogens is 2. The van der Waals surface area contributed by atoms with Gasteiger partial charge in [0, 0.05) is 57.8 Å². The van der Waals surface area contributed by atoms with E-state index in [-0.39, 0.29) is 37.7 Å². The number of hydrogen-bond acceptors (Lipinski definition) is 8. The molecule has 0 aliphatic heterocycles. The van der Waals surface area contributed by atoms with Gasteiger partial charge < -0.3 is 30.2 Å². The first-order valence-corrected chi connectivity index (χ1v) is 8.45. The molecule has 2 aromatic rings. The Morgan fingerprint density at radius 3 is 1.32 bits per heavy atom. The van der Waals surface area contributed by atoms with E-state index < -0.39 is 11.9 Å². The third-order valence-electron chi connectivity index (χ3n) is 1.79. The van der Waals surface area contributed by atoms with Crippen molar-refractivity contribution in [2.24, 2.45) is 0 Å². The monoisotopic (exact) mass is 410 g/mol. The van der Waals surface area contributed by atoms with Crippen LogP contribution in [0.3, 0.4) is 0 Å². The molecule has 0 saturated heterocycles. The van der Waals surface area contributed by atoms with Gasteiger partial charge in [-0.25, -0.2) is 0 Å². The van der Waals surface area contributed by atoms with E-state index in [9.17, 15) is 10.4 Å². The Hall–Kier alpha value is -1.20. The first-order chi connectivity index (χ1) is 11.2. The molecule has 0 amide bonds. The second-order valence-electron chi connectivity index (χ2n) is 3.88. The third kappa shape index (κ3) is 14.8. The summed E-state index contributed by atoms with van der Waals surface area (Å²) >= 11 is 0. The molecule has 2 aromatic heterocycles. The van der Waals surface area contributed by atoms with Crippen LogP contribution >= 0.6 is 21.6 Å². The van der Waals surface area contributed by atoms with Gasteiger partial charge in [-0.1, -0.05) is 0 Å². The number of pyridine rings is 2. The number of carbonyl (C=O) groups is 2. The summed E-state index contributed by atoms with van der Waals surface area (Å²) < 4.78 is 1.55. The number of carboxylic acid groups (broad SMARTS) is 2. The molecule has 0 spiro atoms. The minimum atomic E-state index is -1.08. The van der Waals surface area contributed by atoms with E-state index in [1.54, 1.807) is 36.4 Å². The van der Waals surface area contributed by atoms with Crippen molar-refractivity contribution in [3.8, 4) is 0 Å². The second kappa shape index (κ2) is 15.1. The number of rotatable bonds is 3. The fraction of sp³-hybridized carbons (Fsp3) is 0.143. The van der Waals surface area contributed by atoms with E-state index >= 15 is 0 Å². The van der Waals surface area contributed by atoms with Crippen molar-refractivity contribution < 1.29 is 29.3 Å². The van der Waals surface area contributed by atoms with E-state index in [0.29, 0.717) is 10.1 Å². The molecule has 0 bridgehead atoms. The van der Waals surface area contributed by atoms with Crippen LogP contribution in [-0.2, 0) is 9.59 Å². The summed E-state index contributed by atoms with van der Waals surface area (Å²) in [5.74, 6) is -2.17. The largest absolute Gasteiger partial charge is 2.00 e. The summed E-state index contributed by atoms with van der Waals surface area (Å²) in [6.07, 6.45) is 2.86. The van der Waals surface area contributed by atoms with Crippen molar-refractivity contribution in [2.45, 2.75) is 23.9 Å². The summed E-state index contributed by atoms with van der Waals surface area (Å²) in [6.45, 7) is 1.94. The molecule has 0 saturated carbocycles. The van der Waals surface area contributed by atoms with Gasteiger partial charge >= 0.3 is 37.7 Å². The summed E-state index contributed by atoms with van der Waals surface area (Å²) in [5, 5.41) is 41.5. The van der Waals surface area contributed by atoms with Gasteiger partial charge in [-0.05, 0) is 26.0 Å². The Labute approximate surface area is 182 Å². The molecule has 130 valence electrons. The number of carboxylic acids is 2. The second-order valence-corrected chi connectivity index (χ2v) is 6.05. The molecule has 0 atom stereocenters. The van der Waals surface area contributed by atoms with Crippen LogP contribution in [0, 0.1) is 10.4 Å². The fourth-order valence-electron chi connectivity index (χ4n) is 1.04. The van der Waals surface area contributed by atoms with Crippen LogP contribution in [0.15, 0.2) is 58.8 Å². The molecule has 2 heterocycles. The molecular formula is C14H14CaN2O6S2. The average Bonchev–Trinajstić information content (AvgIpc) is 2.47. The van der Waals surface area contributed by atoms with Crippen LogP contribution in [0.5, 0.6) is 0 Å². The van der Waals surface area contributed by atoms with Crippen molar-refractivity contribution in [2.75, 3.05) is 0 Å². The minimum absolute atomic E-state index is 0. The third-order valence-corrected chi connectivity index (χ3v) is 4.12. The van der Waals surface area contributed by atoms with Gasteiger partial charge in [0.2, 0.25) is 0 Å². The molecule has 0 fully saturated rings. The quantitative estimate of drug-likeness (QED) is 0.269. The maximum absolute atomic E-state index is 11.3. The Morgan fingerprint density at radius 2 is 1.08 bits per heavy atom. The summed E-state index contributed by atoms with van der Waals surface area (Å²) in [6, 6.07) is 10.3. The van der Waals surface area contributed by atoms with Crippen LogP contribution in [0.1, 0.15) is 13.8 Å². The van der Waals surface area contributed by atoms with E-state index in [1.807, 2.05) is 0 Å². The normalized spacial score (nSPS) is 8.56. The molecule has 0 N–H and O–H groups in total. The van der Waals surface area contributed by atoms with Crippen molar-refractivity contribution in [3.63, 3.8) is 0 Å². The maximum atomic E-state index is 11.3. The SMILES string of the molecule is CC(=O)[O-].CC(=O)[O-].[Ca+2].[O-][n+]1ccccc1SSc1cccc[n+]1[O-]. The molecule has 11 heteroatoms. The molecule has 0 radical (unpaired) electrons. The molecule has 0 aliphatic carbocycles. The standard InChI is InChI=1S/C10H8N2O2S2.2C2H4O2.Ca/c13-11-7-3-1-5-9(11)15-16-10-6-2-4-8-12(10)14;2*1-2(3)4;/h1-8H;2*1H3,(H,3,4);/q;;;+2/p-2. The number of carbonyl (C=O) groups excluding carboxylic acids is 2. The van der Waals surface area contributed by atoms with Gasteiger partial charge in [-0.2, -0.15) is 9.46 Å². The molecule has 2 rings (SSSR count). The smallest absolute Gasteiger partial charge is 0.618 e. The molecular weight excluding hydrogens is 396 g/mol. The van der Waals surface area contributed by atoms with E-state index in [4.69, 9.17) is 19.8 Å². The van der Waals surface area contributed by atoms with Crippen LogP contribution in [0.25, 0.3) is 0 Å². The molecule has 8 nitrogen and oxygen atoms in total. The Morgan fingerprint density at radius 1 is 0.800 bits per heavy atom. The number of aliphatic carboxylic acids is 2. The van der Waals surface area contributed by atoms with Crippen molar-refractivity contribution in [3.05, 3.63) is 59.2 Å². The van der Waals surface area contributed by atoms with Crippen LogP contribution in [-0.4, -0.2) is 49.7 Å². The Balaban J connectivity index is 0. The molecule has 0 unspecified atom stereocenters. The van der Waals surface area contributed by atoms with Gasteiger partial charge in [-0.15, -0.1) is 0 Å². The predicted octanol–water partition coefficient (Wildman–Crippen LogP) is -1.12. The average molecular weight is 410 g/mol. The first kappa shape index (κ1) is 26.0. The van der Waals surface area contributed by atoms with Gasteiger partial charge in [0.25, 0.3) is 10.1 Å². The van der Waals surface area contributed by atoms with E-state index in [1.165, 1.54) is 34.0 Å². The zero-order chi connectivity index (χ0) is 18.5. The van der Waals surface area contributed by atoms with Gasteiger partial charge in [0.1, 0.15) is 0 Å². The van der Waals surface area contributed by atoms with Gasteiger partial charge in [0.15, 0.2) is 12.4 Å². The van der Waals surface area contributed by atoms with E-state index in [0.717, 1.165) is 23.3 Å². The van der Waals surface area contributed by atoms with Crippen LogP contribution in [0.2, 0.25) is 0 Å². The van der Waals surface area contributed by atoms with Crippen LogP contribution < -0.4 is 19.7 Å². The van der Waals surface area contributed by atoms with Crippen molar-refractivity contribution in [1.82, 2.24) is 0 Å². The summed E-state index contributed by atoms with van der Waals surface area (Å²) in [7, 11) is 2.52. The maximum Gasteiger partial charge on any atom is 2.00 e. The number of nitrogens with zero attached hydrogens (tertiary/aromatic N) is 2. The van der Waals surface area contributed by atoms with Crippen molar-refractivity contribution >= 4 is 71.3 Å². The van der Waals surface area contributed by atoms with Crippen LogP contribution in [0.4, 0.5) is 0 Å². The predicted molar refractivity (Wildman–Crippen MR) is 89.6 cm³/mol. The summed E-state index contributed by atoms with van der Waals surface area (Å²) in [5.41, 5.74) is 0. The fourth-order valence-corrected chi connectivity index (χ4v) is 3.03. The van der Waals surface area contributed by atoms with Crippen molar-refractivity contribution in [1.29, 1.82) is 0 Å². The zero-order valence-electron chi connectivity index (χ0n) is 13.5. The molecule has 0 aromatic carbocycles.